The molecule has 0 aliphatic rings. The molecule has 0 bridgehead atoms. The van der Waals surface area contributed by atoms with Crippen LogP contribution >= 0.6 is 15.9 Å². The number of fused-ring (bicyclic) bond motifs is 2. The van der Waals surface area contributed by atoms with Gasteiger partial charge >= 0.3 is 0 Å². The van der Waals surface area contributed by atoms with Crippen LogP contribution in [0.15, 0.2) is 65.1 Å². The number of halogens is 1. The van der Waals surface area contributed by atoms with Gasteiger partial charge in [-0.1, -0.05) is 64.5 Å². The van der Waals surface area contributed by atoms with E-state index in [4.69, 9.17) is 0 Å². The fourth-order valence-corrected chi connectivity index (χ4v) is 4.24. The largest absolute Gasteiger partial charge is 0.192 e. The summed E-state index contributed by atoms with van der Waals surface area (Å²) in [5.41, 5.74) is 0.735. The van der Waals surface area contributed by atoms with Crippen molar-refractivity contribution in [3.05, 3.63) is 70.7 Å². The first-order valence-corrected chi connectivity index (χ1v) is 8.26. The molecule has 0 spiro atoms. The van der Waals surface area contributed by atoms with Gasteiger partial charge in [-0.3, -0.25) is 0 Å². The second-order valence-corrected chi connectivity index (χ2v) is 6.68. The topological polar surface area (TPSA) is 23.8 Å². The van der Waals surface area contributed by atoms with Gasteiger partial charge in [0.15, 0.2) is 0 Å². The fourth-order valence-electron chi connectivity index (χ4n) is 3.77. The van der Waals surface area contributed by atoms with Crippen molar-refractivity contribution in [1.82, 2.24) is 0 Å². The number of nitrogens with zero attached hydrogens (tertiary/aromatic N) is 1. The molecule has 2 heteroatoms. The minimum absolute atomic E-state index is 0.735. The van der Waals surface area contributed by atoms with E-state index < -0.39 is 0 Å². The Hall–Kier alpha value is -2.63. The van der Waals surface area contributed by atoms with Gasteiger partial charge in [-0.25, -0.2) is 0 Å². The normalized spacial score (nSPS) is 11.7. The van der Waals surface area contributed by atoms with Crippen LogP contribution in [0.4, 0.5) is 0 Å². The molecule has 0 saturated carbocycles. The number of hydrogen-bond acceptors (Lipinski definition) is 1. The summed E-state index contributed by atoms with van der Waals surface area (Å²) in [5, 5.41) is 19.1. The molecule has 5 aromatic rings. The third kappa shape index (κ3) is 1.55. The zero-order valence-corrected chi connectivity index (χ0v) is 13.7. The maximum atomic E-state index is 9.44. The van der Waals surface area contributed by atoms with E-state index in [1.165, 1.54) is 37.7 Å². The lowest BCUT2D eigenvalue weighted by Gasteiger charge is -2.15. The van der Waals surface area contributed by atoms with E-state index >= 15 is 0 Å². The summed E-state index contributed by atoms with van der Waals surface area (Å²) in [6.07, 6.45) is 0. The van der Waals surface area contributed by atoms with Crippen molar-refractivity contribution >= 4 is 59.0 Å². The van der Waals surface area contributed by atoms with Crippen LogP contribution in [-0.2, 0) is 0 Å². The molecule has 23 heavy (non-hydrogen) atoms. The molecule has 0 aliphatic carbocycles. The Balaban J connectivity index is 2.25. The first kappa shape index (κ1) is 12.9. The number of benzene rings is 5. The van der Waals surface area contributed by atoms with Crippen LogP contribution in [0.5, 0.6) is 0 Å². The van der Waals surface area contributed by atoms with Crippen LogP contribution in [0.1, 0.15) is 5.56 Å². The van der Waals surface area contributed by atoms with Gasteiger partial charge in [0.05, 0.1) is 11.6 Å². The summed E-state index contributed by atoms with van der Waals surface area (Å²) in [5.74, 6) is 0. The van der Waals surface area contributed by atoms with Crippen molar-refractivity contribution in [3.63, 3.8) is 0 Å². The van der Waals surface area contributed by atoms with Crippen molar-refractivity contribution in [2.24, 2.45) is 0 Å². The van der Waals surface area contributed by atoms with E-state index in [9.17, 15) is 5.26 Å². The molecule has 0 radical (unpaired) electrons. The highest BCUT2D eigenvalue weighted by Crippen LogP contribution is 2.42. The summed E-state index contributed by atoms with van der Waals surface area (Å²) in [6, 6.07) is 23.3. The Morgan fingerprint density at radius 1 is 0.609 bits per heavy atom. The predicted octanol–water partition coefficient (Wildman–Crippen LogP) is 6.37. The monoisotopic (exact) mass is 355 g/mol. The van der Waals surface area contributed by atoms with Crippen LogP contribution < -0.4 is 0 Å². The molecule has 0 atom stereocenters. The summed E-state index contributed by atoms with van der Waals surface area (Å²) >= 11 is 3.68. The molecule has 0 aromatic heterocycles. The molecule has 0 heterocycles. The molecule has 0 unspecified atom stereocenters. The van der Waals surface area contributed by atoms with Crippen molar-refractivity contribution in [2.75, 3.05) is 0 Å². The first-order valence-electron chi connectivity index (χ1n) is 7.47. The van der Waals surface area contributed by atoms with Gasteiger partial charge in [0, 0.05) is 9.86 Å². The summed E-state index contributed by atoms with van der Waals surface area (Å²) in [7, 11) is 0. The third-order valence-corrected chi connectivity index (χ3v) is 5.42. The summed E-state index contributed by atoms with van der Waals surface area (Å²) < 4.78 is 1.11. The highest BCUT2D eigenvalue weighted by molar-refractivity contribution is 9.10. The predicted molar refractivity (Wildman–Crippen MR) is 100 cm³/mol. The van der Waals surface area contributed by atoms with Gasteiger partial charge in [0.1, 0.15) is 0 Å². The van der Waals surface area contributed by atoms with Gasteiger partial charge in [-0.15, -0.1) is 0 Å². The number of rotatable bonds is 0. The lowest BCUT2D eigenvalue weighted by Crippen LogP contribution is -1.89. The molecule has 0 aliphatic heterocycles. The van der Waals surface area contributed by atoms with Crippen molar-refractivity contribution < 1.29 is 0 Å². The zero-order valence-electron chi connectivity index (χ0n) is 12.1. The average molecular weight is 356 g/mol. The Labute approximate surface area is 141 Å². The lowest BCUT2D eigenvalue weighted by molar-refractivity contribution is 1.51. The quantitative estimate of drug-likeness (QED) is 0.234. The molecular formula is C21H10BrN. The van der Waals surface area contributed by atoms with Crippen molar-refractivity contribution in [3.8, 4) is 6.07 Å². The van der Waals surface area contributed by atoms with Gasteiger partial charge < -0.3 is 0 Å². The second kappa shape index (κ2) is 4.44. The van der Waals surface area contributed by atoms with Gasteiger partial charge in [0.2, 0.25) is 0 Å². The SMILES string of the molecule is N#Cc1ccc2c3cccc4c(Br)ccc(c5cccc1c52)c43. The second-order valence-electron chi connectivity index (χ2n) is 5.82. The molecule has 0 amide bonds. The number of nitriles is 1. The molecule has 106 valence electrons. The minimum atomic E-state index is 0.735. The summed E-state index contributed by atoms with van der Waals surface area (Å²) in [4.78, 5) is 0. The Morgan fingerprint density at radius 2 is 1.13 bits per heavy atom. The Kier molecular flexibility index (Phi) is 2.48. The molecule has 0 N–H and O–H groups in total. The molecule has 1 nitrogen and oxygen atoms in total. The highest BCUT2D eigenvalue weighted by atomic mass is 79.9. The van der Waals surface area contributed by atoms with Crippen LogP contribution in [0.3, 0.4) is 0 Å². The van der Waals surface area contributed by atoms with Gasteiger partial charge in [-0.2, -0.15) is 5.26 Å². The van der Waals surface area contributed by atoms with E-state index in [1.807, 2.05) is 18.2 Å². The van der Waals surface area contributed by atoms with Gasteiger partial charge in [0.25, 0.3) is 0 Å². The van der Waals surface area contributed by atoms with E-state index in [1.54, 1.807) is 0 Å². The summed E-state index contributed by atoms with van der Waals surface area (Å²) in [6.45, 7) is 0. The zero-order chi connectivity index (χ0) is 15.6. The van der Waals surface area contributed by atoms with E-state index in [2.05, 4.69) is 64.5 Å². The standard InChI is InChI=1S/C21H10BrN/c22-19-10-9-17-14-4-1-3-13-12(11-23)7-8-16(20(13)14)15-5-2-6-18(19)21(15)17/h1-10H. The molecular weight excluding hydrogens is 346 g/mol. The molecule has 0 saturated heterocycles. The molecule has 5 rings (SSSR count). The van der Waals surface area contributed by atoms with Crippen molar-refractivity contribution in [2.45, 2.75) is 0 Å². The maximum absolute atomic E-state index is 9.44. The Bertz CT molecular complexity index is 1260. The first-order chi connectivity index (χ1) is 11.3. The van der Waals surface area contributed by atoms with Crippen LogP contribution in [0, 0.1) is 11.3 Å². The van der Waals surface area contributed by atoms with E-state index in [0.717, 1.165) is 15.4 Å². The van der Waals surface area contributed by atoms with E-state index in [-0.39, 0.29) is 0 Å². The van der Waals surface area contributed by atoms with Crippen molar-refractivity contribution in [1.29, 1.82) is 5.26 Å². The average Bonchev–Trinajstić information content (AvgIpc) is 2.60. The smallest absolute Gasteiger partial charge is 0.0998 e. The molecule has 0 fully saturated rings. The minimum Gasteiger partial charge on any atom is -0.192 e. The molecule has 5 aromatic carbocycles. The highest BCUT2D eigenvalue weighted by Gasteiger charge is 2.14. The lowest BCUT2D eigenvalue weighted by atomic mass is 9.88. The fraction of sp³-hybridized carbons (Fsp3) is 0. The van der Waals surface area contributed by atoms with Crippen LogP contribution in [0.25, 0.3) is 43.1 Å². The third-order valence-electron chi connectivity index (χ3n) is 4.73. The van der Waals surface area contributed by atoms with E-state index in [0.29, 0.717) is 0 Å². The maximum Gasteiger partial charge on any atom is 0.0998 e. The van der Waals surface area contributed by atoms with Gasteiger partial charge in [-0.05, 0) is 49.8 Å². The Morgan fingerprint density at radius 3 is 1.83 bits per heavy atom. The van der Waals surface area contributed by atoms with Crippen LogP contribution in [-0.4, -0.2) is 0 Å². The number of hydrogen-bond donors (Lipinski definition) is 0. The van der Waals surface area contributed by atoms with Crippen LogP contribution in [0.2, 0.25) is 0 Å².